The van der Waals surface area contributed by atoms with Gasteiger partial charge in [0.25, 0.3) is 11.6 Å². The van der Waals surface area contributed by atoms with Crippen molar-refractivity contribution >= 4 is 23.2 Å². The van der Waals surface area contributed by atoms with Crippen LogP contribution in [-0.4, -0.2) is 47.8 Å². The molecule has 0 unspecified atom stereocenters. The van der Waals surface area contributed by atoms with Crippen molar-refractivity contribution in [3.63, 3.8) is 0 Å². The average Bonchev–Trinajstić information content (AvgIpc) is 2.59. The summed E-state index contributed by atoms with van der Waals surface area (Å²) in [4.78, 5) is 27.0. The molecule has 0 aliphatic carbocycles. The van der Waals surface area contributed by atoms with Crippen LogP contribution in [0, 0.1) is 10.1 Å². The molecule has 0 aliphatic heterocycles. The van der Waals surface area contributed by atoms with Crippen molar-refractivity contribution in [3.05, 3.63) is 74.8 Å². The van der Waals surface area contributed by atoms with Gasteiger partial charge in [-0.15, -0.1) is 0 Å². The van der Waals surface area contributed by atoms with Crippen LogP contribution >= 0.6 is 11.6 Å². The predicted molar refractivity (Wildman–Crippen MR) is 97.8 cm³/mol. The maximum absolute atomic E-state index is 12.9. The molecule has 0 saturated carbocycles. The summed E-state index contributed by atoms with van der Waals surface area (Å²) in [5.41, 5.74) is 0.989. The third-order valence-electron chi connectivity index (χ3n) is 3.71. The Bertz CT molecular complexity index is 750. The van der Waals surface area contributed by atoms with E-state index < -0.39 is 4.92 Å². The van der Waals surface area contributed by atoms with Crippen LogP contribution in [-0.2, 0) is 6.54 Å². The number of hydrogen-bond acceptors (Lipinski definition) is 4. The highest BCUT2D eigenvalue weighted by atomic mass is 35.5. The molecule has 0 N–H and O–H groups in total. The number of nitro benzene ring substituents is 1. The van der Waals surface area contributed by atoms with E-state index in [0.29, 0.717) is 19.6 Å². The monoisotopic (exact) mass is 361 g/mol. The fourth-order valence-corrected chi connectivity index (χ4v) is 2.53. The number of rotatable bonds is 7. The fourth-order valence-electron chi connectivity index (χ4n) is 2.35. The lowest BCUT2D eigenvalue weighted by Gasteiger charge is -2.24. The summed E-state index contributed by atoms with van der Waals surface area (Å²) in [7, 11) is 3.86. The van der Waals surface area contributed by atoms with Gasteiger partial charge in [0.05, 0.1) is 4.92 Å². The summed E-state index contributed by atoms with van der Waals surface area (Å²) in [6.45, 7) is 1.63. The minimum absolute atomic E-state index is 0.0180. The molecule has 132 valence electrons. The molecule has 2 aromatic rings. The van der Waals surface area contributed by atoms with Gasteiger partial charge in [-0.05, 0) is 31.8 Å². The van der Waals surface area contributed by atoms with Crippen molar-refractivity contribution < 1.29 is 9.72 Å². The topological polar surface area (TPSA) is 66.7 Å². The Labute approximate surface area is 151 Å². The van der Waals surface area contributed by atoms with E-state index >= 15 is 0 Å². The lowest BCUT2D eigenvalue weighted by molar-refractivity contribution is -0.384. The highest BCUT2D eigenvalue weighted by Gasteiger charge is 2.21. The molecule has 7 heteroatoms. The van der Waals surface area contributed by atoms with E-state index in [2.05, 4.69) is 0 Å². The number of nitro groups is 1. The number of hydrogen-bond donors (Lipinski definition) is 0. The van der Waals surface area contributed by atoms with Crippen molar-refractivity contribution in [2.75, 3.05) is 27.2 Å². The number of carbonyl (C=O) groups is 1. The third kappa shape index (κ3) is 5.27. The van der Waals surface area contributed by atoms with E-state index in [1.165, 1.54) is 18.2 Å². The molecule has 6 nitrogen and oxygen atoms in total. The number of amides is 1. The maximum atomic E-state index is 12.9. The second-order valence-corrected chi connectivity index (χ2v) is 6.35. The highest BCUT2D eigenvalue weighted by molar-refractivity contribution is 6.32. The summed E-state index contributed by atoms with van der Waals surface area (Å²) in [6.07, 6.45) is 0. The molecule has 0 bridgehead atoms. The zero-order valence-electron chi connectivity index (χ0n) is 14.2. The number of nitrogens with zero attached hydrogens (tertiary/aromatic N) is 3. The maximum Gasteiger partial charge on any atom is 0.288 e. The summed E-state index contributed by atoms with van der Waals surface area (Å²) in [5.74, 6) is -0.259. The molecule has 0 spiro atoms. The normalized spacial score (nSPS) is 10.7. The average molecular weight is 362 g/mol. The number of halogens is 1. The number of benzene rings is 2. The van der Waals surface area contributed by atoms with E-state index in [0.717, 1.165) is 5.56 Å². The lowest BCUT2D eigenvalue weighted by atomic mass is 10.1. The van der Waals surface area contributed by atoms with Gasteiger partial charge in [-0.1, -0.05) is 41.9 Å². The van der Waals surface area contributed by atoms with Gasteiger partial charge in [-0.2, -0.15) is 0 Å². The first-order chi connectivity index (χ1) is 11.9. The van der Waals surface area contributed by atoms with Crippen molar-refractivity contribution in [1.29, 1.82) is 0 Å². The minimum atomic E-state index is -0.583. The molecular formula is C18H20ClN3O3. The van der Waals surface area contributed by atoms with Gasteiger partial charge in [0.15, 0.2) is 0 Å². The van der Waals surface area contributed by atoms with Gasteiger partial charge < -0.3 is 9.80 Å². The van der Waals surface area contributed by atoms with Crippen LogP contribution in [0.3, 0.4) is 0 Å². The van der Waals surface area contributed by atoms with Gasteiger partial charge in [-0.25, -0.2) is 0 Å². The standard InChI is InChI=1S/C18H20ClN3O3/c1-20(2)10-11-21(13-14-6-4-3-5-7-14)18(23)15-8-9-16(19)17(12-15)22(24)25/h3-9,12H,10-11,13H2,1-2H3. The Morgan fingerprint density at radius 2 is 1.80 bits per heavy atom. The van der Waals surface area contributed by atoms with E-state index in [9.17, 15) is 14.9 Å². The Balaban J connectivity index is 2.27. The van der Waals surface area contributed by atoms with Gasteiger partial charge >= 0.3 is 0 Å². The van der Waals surface area contributed by atoms with Crippen LogP contribution in [0.1, 0.15) is 15.9 Å². The summed E-state index contributed by atoms with van der Waals surface area (Å²) < 4.78 is 0. The van der Waals surface area contributed by atoms with Crippen LogP contribution in [0.5, 0.6) is 0 Å². The van der Waals surface area contributed by atoms with Crippen LogP contribution < -0.4 is 0 Å². The molecule has 25 heavy (non-hydrogen) atoms. The molecule has 0 atom stereocenters. The second-order valence-electron chi connectivity index (χ2n) is 5.94. The SMILES string of the molecule is CN(C)CCN(Cc1ccccc1)C(=O)c1ccc(Cl)c([N+](=O)[O-])c1. The van der Waals surface area contributed by atoms with Crippen LogP contribution in [0.25, 0.3) is 0 Å². The quantitative estimate of drug-likeness (QED) is 0.559. The number of likely N-dealkylation sites (N-methyl/N-ethyl adjacent to an activating group) is 1. The molecule has 2 aromatic carbocycles. The summed E-state index contributed by atoms with van der Waals surface area (Å²) in [5, 5.41) is 11.1. The third-order valence-corrected chi connectivity index (χ3v) is 4.03. The Kier molecular flexibility index (Phi) is 6.50. The van der Waals surface area contributed by atoms with Gasteiger partial charge in [0.1, 0.15) is 5.02 Å². The predicted octanol–water partition coefficient (Wildman–Crippen LogP) is 3.45. The first-order valence-electron chi connectivity index (χ1n) is 7.80. The first kappa shape index (κ1) is 18.9. The molecule has 0 heterocycles. The molecular weight excluding hydrogens is 342 g/mol. The molecule has 0 radical (unpaired) electrons. The first-order valence-corrected chi connectivity index (χ1v) is 8.18. The number of carbonyl (C=O) groups excluding carboxylic acids is 1. The molecule has 1 amide bonds. The molecule has 0 saturated heterocycles. The van der Waals surface area contributed by atoms with Crippen molar-refractivity contribution in [3.8, 4) is 0 Å². The van der Waals surface area contributed by atoms with Crippen LogP contribution in [0.15, 0.2) is 48.5 Å². The second kappa shape index (κ2) is 8.60. The molecule has 2 rings (SSSR count). The van der Waals surface area contributed by atoms with Crippen molar-refractivity contribution in [1.82, 2.24) is 9.80 Å². The van der Waals surface area contributed by atoms with E-state index in [4.69, 9.17) is 11.6 Å². The van der Waals surface area contributed by atoms with Crippen LogP contribution in [0.4, 0.5) is 5.69 Å². The zero-order valence-corrected chi connectivity index (χ0v) is 14.9. The lowest BCUT2D eigenvalue weighted by Crippen LogP contribution is -2.36. The van der Waals surface area contributed by atoms with Crippen molar-refractivity contribution in [2.45, 2.75) is 6.54 Å². The Morgan fingerprint density at radius 3 is 2.40 bits per heavy atom. The zero-order chi connectivity index (χ0) is 18.4. The molecule has 0 aliphatic rings. The summed E-state index contributed by atoms with van der Waals surface area (Å²) in [6, 6.07) is 13.8. The smallest absolute Gasteiger partial charge is 0.288 e. The Hall–Kier alpha value is -2.44. The minimum Gasteiger partial charge on any atom is -0.333 e. The highest BCUT2D eigenvalue weighted by Crippen LogP contribution is 2.26. The van der Waals surface area contributed by atoms with Gasteiger partial charge in [0, 0.05) is 31.3 Å². The van der Waals surface area contributed by atoms with E-state index in [1.807, 2.05) is 49.3 Å². The van der Waals surface area contributed by atoms with Crippen molar-refractivity contribution in [2.24, 2.45) is 0 Å². The van der Waals surface area contributed by atoms with E-state index in [1.54, 1.807) is 4.90 Å². The largest absolute Gasteiger partial charge is 0.333 e. The van der Waals surface area contributed by atoms with E-state index in [-0.39, 0.29) is 22.2 Å². The van der Waals surface area contributed by atoms with Crippen LogP contribution in [0.2, 0.25) is 5.02 Å². The van der Waals surface area contributed by atoms with Gasteiger partial charge in [0.2, 0.25) is 0 Å². The Morgan fingerprint density at radius 1 is 1.12 bits per heavy atom. The van der Waals surface area contributed by atoms with Gasteiger partial charge in [-0.3, -0.25) is 14.9 Å². The summed E-state index contributed by atoms with van der Waals surface area (Å²) >= 11 is 5.83. The fraction of sp³-hybridized carbons (Fsp3) is 0.278. The molecule has 0 fully saturated rings. The molecule has 0 aromatic heterocycles.